The number of anilines is 1. The van der Waals surface area contributed by atoms with Crippen LogP contribution in [0.4, 0.5) is 10.2 Å². The Kier molecular flexibility index (Phi) is 3.82. The van der Waals surface area contributed by atoms with Crippen molar-refractivity contribution in [2.45, 2.75) is 6.92 Å². The largest absolute Gasteiger partial charge is 0.371 e. The Morgan fingerprint density at radius 3 is 2.67 bits per heavy atom. The molecule has 1 heterocycles. The Hall–Kier alpha value is -1.20. The van der Waals surface area contributed by atoms with Gasteiger partial charge < -0.3 is 5.32 Å². The number of aromatic nitrogens is 2. The first kappa shape index (κ1) is 13.2. The minimum Gasteiger partial charge on any atom is -0.371 e. The first-order valence-corrected chi connectivity index (χ1v) is 6.37. The second kappa shape index (κ2) is 5.20. The molecule has 0 saturated heterocycles. The maximum atomic E-state index is 13.6. The smallest absolute Gasteiger partial charge is 0.186 e. The van der Waals surface area contributed by atoms with Crippen LogP contribution in [0.15, 0.2) is 22.7 Å². The molecule has 2 aromatic rings. The van der Waals surface area contributed by atoms with Crippen molar-refractivity contribution in [3.05, 3.63) is 39.2 Å². The van der Waals surface area contributed by atoms with Gasteiger partial charge in [0.15, 0.2) is 17.5 Å². The van der Waals surface area contributed by atoms with Gasteiger partial charge in [-0.2, -0.15) is 0 Å². The Balaban J connectivity index is 2.57. The molecular weight excluding hydrogens is 321 g/mol. The minimum absolute atomic E-state index is 0.184. The standard InChI is InChI=1S/C12H10BrClFN3/c1-6-10(15)12(16-2)18-11(17-6)7-3-4-9(14)8(13)5-7/h3-5H,1-2H3,(H,16,17,18). The van der Waals surface area contributed by atoms with Crippen LogP contribution in [0.2, 0.25) is 5.02 Å². The quantitative estimate of drug-likeness (QED) is 0.902. The minimum atomic E-state index is -0.436. The molecule has 1 N–H and O–H groups in total. The fraction of sp³-hybridized carbons (Fsp3) is 0.167. The highest BCUT2D eigenvalue weighted by Crippen LogP contribution is 2.28. The number of nitrogens with one attached hydrogen (secondary N) is 1. The van der Waals surface area contributed by atoms with Crippen LogP contribution in [0, 0.1) is 12.7 Å². The number of hydrogen-bond donors (Lipinski definition) is 1. The van der Waals surface area contributed by atoms with E-state index in [0.717, 1.165) is 10.0 Å². The summed E-state index contributed by atoms with van der Waals surface area (Å²) >= 11 is 9.26. The van der Waals surface area contributed by atoms with Crippen LogP contribution in [-0.2, 0) is 0 Å². The topological polar surface area (TPSA) is 37.8 Å². The molecule has 2 rings (SSSR count). The van der Waals surface area contributed by atoms with Crippen molar-refractivity contribution in [3.63, 3.8) is 0 Å². The van der Waals surface area contributed by atoms with Crippen LogP contribution in [0.25, 0.3) is 11.4 Å². The number of halogens is 3. The van der Waals surface area contributed by atoms with E-state index in [-0.39, 0.29) is 5.82 Å². The molecule has 18 heavy (non-hydrogen) atoms. The summed E-state index contributed by atoms with van der Waals surface area (Å²) < 4.78 is 14.4. The molecule has 94 valence electrons. The number of nitrogens with zero attached hydrogens (tertiary/aromatic N) is 2. The molecule has 0 bridgehead atoms. The van der Waals surface area contributed by atoms with E-state index in [9.17, 15) is 4.39 Å². The molecule has 0 atom stereocenters. The molecule has 0 radical (unpaired) electrons. The van der Waals surface area contributed by atoms with Crippen molar-refractivity contribution in [2.75, 3.05) is 12.4 Å². The summed E-state index contributed by atoms with van der Waals surface area (Å²) in [7, 11) is 1.62. The summed E-state index contributed by atoms with van der Waals surface area (Å²) in [6.07, 6.45) is 0. The van der Waals surface area contributed by atoms with Gasteiger partial charge in [0.25, 0.3) is 0 Å². The molecule has 0 unspecified atom stereocenters. The molecule has 6 heteroatoms. The highest BCUT2D eigenvalue weighted by atomic mass is 79.9. The van der Waals surface area contributed by atoms with Crippen LogP contribution in [0.3, 0.4) is 0 Å². The first-order valence-electron chi connectivity index (χ1n) is 5.20. The normalized spacial score (nSPS) is 10.5. The molecule has 0 aliphatic heterocycles. The number of aryl methyl sites for hydroxylation is 1. The highest BCUT2D eigenvalue weighted by Gasteiger charge is 2.12. The Bertz CT molecular complexity index is 604. The van der Waals surface area contributed by atoms with Crippen LogP contribution in [-0.4, -0.2) is 17.0 Å². The van der Waals surface area contributed by atoms with Gasteiger partial charge in [0.1, 0.15) is 0 Å². The average Bonchev–Trinajstić information content (AvgIpc) is 2.36. The van der Waals surface area contributed by atoms with E-state index in [0.29, 0.717) is 16.5 Å². The average molecular weight is 331 g/mol. The number of benzene rings is 1. The van der Waals surface area contributed by atoms with Crippen molar-refractivity contribution in [2.24, 2.45) is 0 Å². The van der Waals surface area contributed by atoms with Crippen LogP contribution >= 0.6 is 27.5 Å². The van der Waals surface area contributed by atoms with Crippen LogP contribution in [0.5, 0.6) is 0 Å². The highest BCUT2D eigenvalue weighted by molar-refractivity contribution is 9.10. The van der Waals surface area contributed by atoms with Gasteiger partial charge in [0.05, 0.1) is 10.7 Å². The second-order valence-electron chi connectivity index (χ2n) is 3.67. The van der Waals surface area contributed by atoms with Gasteiger partial charge in [0, 0.05) is 17.1 Å². The molecule has 0 aliphatic rings. The molecule has 1 aromatic heterocycles. The summed E-state index contributed by atoms with van der Waals surface area (Å²) in [6, 6.07) is 5.33. The number of rotatable bonds is 2. The van der Waals surface area contributed by atoms with E-state index in [1.807, 2.05) is 0 Å². The van der Waals surface area contributed by atoms with Crippen molar-refractivity contribution < 1.29 is 4.39 Å². The third-order valence-electron chi connectivity index (χ3n) is 2.43. The van der Waals surface area contributed by atoms with E-state index in [4.69, 9.17) is 11.6 Å². The molecule has 0 spiro atoms. The van der Waals surface area contributed by atoms with Gasteiger partial charge in [0.2, 0.25) is 0 Å². The number of hydrogen-bond acceptors (Lipinski definition) is 3. The Labute approximate surface area is 118 Å². The maximum absolute atomic E-state index is 13.6. The Morgan fingerprint density at radius 2 is 2.06 bits per heavy atom. The zero-order valence-corrected chi connectivity index (χ0v) is 12.1. The summed E-state index contributed by atoms with van der Waals surface area (Å²) in [5.41, 5.74) is 1.07. The van der Waals surface area contributed by atoms with E-state index in [1.54, 1.807) is 32.2 Å². The van der Waals surface area contributed by atoms with Crippen molar-refractivity contribution in [3.8, 4) is 11.4 Å². The first-order chi connectivity index (χ1) is 8.52. The lowest BCUT2D eigenvalue weighted by molar-refractivity contribution is 0.607. The zero-order valence-electron chi connectivity index (χ0n) is 9.76. The van der Waals surface area contributed by atoms with Gasteiger partial charge in [-0.1, -0.05) is 11.6 Å². The van der Waals surface area contributed by atoms with E-state index in [1.165, 1.54) is 0 Å². The molecule has 0 fully saturated rings. The lowest BCUT2D eigenvalue weighted by Crippen LogP contribution is -2.03. The van der Waals surface area contributed by atoms with Crippen LogP contribution < -0.4 is 5.32 Å². The van der Waals surface area contributed by atoms with Crippen molar-refractivity contribution in [1.82, 2.24) is 9.97 Å². The van der Waals surface area contributed by atoms with Gasteiger partial charge >= 0.3 is 0 Å². The molecular formula is C12H10BrClFN3. The van der Waals surface area contributed by atoms with Crippen molar-refractivity contribution in [1.29, 1.82) is 0 Å². The third kappa shape index (κ3) is 2.47. The van der Waals surface area contributed by atoms with Gasteiger partial charge in [-0.05, 0) is 41.1 Å². The fourth-order valence-corrected chi connectivity index (χ4v) is 1.99. The van der Waals surface area contributed by atoms with Gasteiger partial charge in [-0.25, -0.2) is 14.4 Å². The third-order valence-corrected chi connectivity index (χ3v) is 3.65. The van der Waals surface area contributed by atoms with E-state index < -0.39 is 5.82 Å². The summed E-state index contributed by atoms with van der Waals surface area (Å²) in [6.45, 7) is 1.60. The summed E-state index contributed by atoms with van der Waals surface area (Å²) in [5, 5.41) is 3.31. The van der Waals surface area contributed by atoms with Crippen molar-refractivity contribution >= 4 is 33.3 Å². The monoisotopic (exact) mass is 329 g/mol. The fourth-order valence-electron chi connectivity index (χ4n) is 1.49. The SMILES string of the molecule is CNc1nc(-c2ccc(Cl)c(Br)c2)nc(C)c1F. The van der Waals surface area contributed by atoms with E-state index >= 15 is 0 Å². The zero-order chi connectivity index (χ0) is 13.3. The van der Waals surface area contributed by atoms with Crippen LogP contribution in [0.1, 0.15) is 5.69 Å². The lowest BCUT2D eigenvalue weighted by atomic mass is 10.2. The summed E-state index contributed by atoms with van der Waals surface area (Å²) in [4.78, 5) is 8.26. The second-order valence-corrected chi connectivity index (χ2v) is 4.94. The maximum Gasteiger partial charge on any atom is 0.186 e. The molecule has 0 saturated carbocycles. The molecule has 1 aromatic carbocycles. The Morgan fingerprint density at radius 1 is 1.33 bits per heavy atom. The van der Waals surface area contributed by atoms with E-state index in [2.05, 4.69) is 31.2 Å². The van der Waals surface area contributed by atoms with Gasteiger partial charge in [-0.15, -0.1) is 0 Å². The molecule has 3 nitrogen and oxygen atoms in total. The predicted molar refractivity (Wildman–Crippen MR) is 74.4 cm³/mol. The lowest BCUT2D eigenvalue weighted by Gasteiger charge is -2.08. The molecule has 0 aliphatic carbocycles. The predicted octanol–water partition coefficient (Wildman–Crippen LogP) is 4.05. The summed E-state index contributed by atoms with van der Waals surface area (Å²) in [5.74, 6) is 0.202. The molecule has 0 amide bonds. The van der Waals surface area contributed by atoms with Gasteiger partial charge in [-0.3, -0.25) is 0 Å².